The fourth-order valence-corrected chi connectivity index (χ4v) is 1.17. The minimum absolute atomic E-state index is 0.360. The van der Waals surface area contributed by atoms with Crippen molar-refractivity contribution in [3.05, 3.63) is 34.9 Å². The number of carboxylic acids is 2. The van der Waals surface area contributed by atoms with Gasteiger partial charge < -0.3 is 19.7 Å². The van der Waals surface area contributed by atoms with Crippen LogP contribution in [0.1, 0.15) is 20.8 Å². The van der Waals surface area contributed by atoms with Gasteiger partial charge in [0.25, 0.3) is 0 Å². The van der Waals surface area contributed by atoms with Gasteiger partial charge in [-0.1, -0.05) is 0 Å². The lowest BCUT2D eigenvalue weighted by Crippen LogP contribution is -2.17. The van der Waals surface area contributed by atoms with Crippen molar-refractivity contribution in [3.8, 4) is 0 Å². The summed E-state index contributed by atoms with van der Waals surface area (Å²) < 4.78 is 8.59. The standard InChI is InChI=1S/C15H14O10/c1-7(4-10(16)17)13(21)24-12(20)6-9(3)15(23)25-14(22)8(2)5-11(18)19/h4-6H,1-3H3,(H,16,17)(H,18,19)/b7-4-,8-5-,9-6-. The van der Waals surface area contributed by atoms with Gasteiger partial charge in [-0.05, 0) is 20.8 Å². The van der Waals surface area contributed by atoms with Crippen LogP contribution in [0.15, 0.2) is 34.9 Å². The van der Waals surface area contributed by atoms with E-state index >= 15 is 0 Å². The Morgan fingerprint density at radius 1 is 0.600 bits per heavy atom. The Kier molecular flexibility index (Phi) is 8.19. The van der Waals surface area contributed by atoms with E-state index in [1.54, 1.807) is 0 Å². The Morgan fingerprint density at radius 3 is 1.28 bits per heavy atom. The van der Waals surface area contributed by atoms with Gasteiger partial charge in [-0.15, -0.1) is 0 Å². The van der Waals surface area contributed by atoms with Crippen molar-refractivity contribution in [1.82, 2.24) is 0 Å². The summed E-state index contributed by atoms with van der Waals surface area (Å²) in [5.74, 6) is -7.85. The topological polar surface area (TPSA) is 161 Å². The van der Waals surface area contributed by atoms with Crippen LogP contribution < -0.4 is 0 Å². The molecule has 0 radical (unpaired) electrons. The lowest BCUT2D eigenvalue weighted by atomic mass is 10.2. The second-order valence-electron chi connectivity index (χ2n) is 4.54. The van der Waals surface area contributed by atoms with Crippen LogP contribution in [0.5, 0.6) is 0 Å². The monoisotopic (exact) mass is 354 g/mol. The zero-order valence-corrected chi connectivity index (χ0v) is 13.4. The number of aliphatic carboxylic acids is 2. The maximum absolute atomic E-state index is 11.6. The second-order valence-corrected chi connectivity index (χ2v) is 4.54. The minimum atomic E-state index is -1.42. The van der Waals surface area contributed by atoms with Gasteiger partial charge in [0, 0.05) is 34.9 Å². The van der Waals surface area contributed by atoms with Crippen LogP contribution >= 0.6 is 0 Å². The fraction of sp³-hybridized carbons (Fsp3) is 0.200. The summed E-state index contributed by atoms with van der Waals surface area (Å²) in [6.45, 7) is 3.29. The molecule has 0 bridgehead atoms. The van der Waals surface area contributed by atoms with E-state index < -0.39 is 41.4 Å². The third-order valence-corrected chi connectivity index (χ3v) is 2.36. The van der Waals surface area contributed by atoms with Gasteiger partial charge >= 0.3 is 35.8 Å². The fourth-order valence-electron chi connectivity index (χ4n) is 1.17. The lowest BCUT2D eigenvalue weighted by Gasteiger charge is -2.03. The third kappa shape index (κ3) is 8.59. The van der Waals surface area contributed by atoms with Crippen LogP contribution in [0.25, 0.3) is 0 Å². The molecule has 0 aliphatic rings. The van der Waals surface area contributed by atoms with Crippen molar-refractivity contribution in [1.29, 1.82) is 0 Å². The molecule has 0 aromatic rings. The van der Waals surface area contributed by atoms with Crippen LogP contribution in [0, 0.1) is 0 Å². The Balaban J connectivity index is 4.90. The van der Waals surface area contributed by atoms with Gasteiger partial charge in [-0.2, -0.15) is 0 Å². The molecule has 0 spiro atoms. The number of hydrogen-bond donors (Lipinski definition) is 2. The van der Waals surface area contributed by atoms with E-state index in [0.29, 0.717) is 18.2 Å². The van der Waals surface area contributed by atoms with Crippen molar-refractivity contribution in [2.45, 2.75) is 20.8 Å². The van der Waals surface area contributed by atoms with Gasteiger partial charge in [-0.3, -0.25) is 0 Å². The number of hydrogen-bond acceptors (Lipinski definition) is 8. The largest absolute Gasteiger partial charge is 0.478 e. The van der Waals surface area contributed by atoms with Crippen LogP contribution in [0.2, 0.25) is 0 Å². The highest BCUT2D eigenvalue weighted by Crippen LogP contribution is 2.04. The molecule has 0 rings (SSSR count). The Morgan fingerprint density at radius 2 is 0.920 bits per heavy atom. The minimum Gasteiger partial charge on any atom is -0.478 e. The molecule has 0 aliphatic heterocycles. The molecule has 0 saturated heterocycles. The molecule has 0 unspecified atom stereocenters. The van der Waals surface area contributed by atoms with Gasteiger partial charge in [0.2, 0.25) is 0 Å². The zero-order chi connectivity index (χ0) is 19.7. The summed E-state index contributed by atoms with van der Waals surface area (Å²) in [6, 6.07) is 0. The summed E-state index contributed by atoms with van der Waals surface area (Å²) in [5, 5.41) is 16.9. The number of esters is 4. The lowest BCUT2D eigenvalue weighted by molar-refractivity contribution is -0.156. The van der Waals surface area contributed by atoms with E-state index in [1.807, 2.05) is 0 Å². The van der Waals surface area contributed by atoms with Crippen LogP contribution in [-0.2, 0) is 38.2 Å². The molecule has 134 valence electrons. The maximum Gasteiger partial charge on any atom is 0.341 e. The van der Waals surface area contributed by atoms with E-state index in [2.05, 4.69) is 9.47 Å². The molecule has 0 aromatic heterocycles. The average molecular weight is 354 g/mol. The van der Waals surface area contributed by atoms with E-state index in [0.717, 1.165) is 20.8 Å². The first-order valence-electron chi connectivity index (χ1n) is 6.47. The van der Waals surface area contributed by atoms with Crippen molar-refractivity contribution < 1.29 is 48.5 Å². The van der Waals surface area contributed by atoms with Crippen molar-refractivity contribution in [2.24, 2.45) is 0 Å². The Labute approximate surface area is 141 Å². The molecule has 0 heterocycles. The Hall–Kier alpha value is -3.56. The number of carbonyl (C=O) groups excluding carboxylic acids is 4. The van der Waals surface area contributed by atoms with Crippen LogP contribution in [0.3, 0.4) is 0 Å². The Bertz CT molecular complexity index is 721. The highest BCUT2D eigenvalue weighted by atomic mass is 16.6. The summed E-state index contributed by atoms with van der Waals surface area (Å²) in [6.07, 6.45) is 1.60. The van der Waals surface area contributed by atoms with E-state index in [4.69, 9.17) is 10.2 Å². The second kappa shape index (κ2) is 9.55. The van der Waals surface area contributed by atoms with Crippen molar-refractivity contribution >= 4 is 35.8 Å². The van der Waals surface area contributed by atoms with Gasteiger partial charge in [0.15, 0.2) is 0 Å². The van der Waals surface area contributed by atoms with Crippen molar-refractivity contribution in [3.63, 3.8) is 0 Å². The molecule has 0 fully saturated rings. The first-order chi connectivity index (χ1) is 11.4. The third-order valence-electron chi connectivity index (χ3n) is 2.36. The van der Waals surface area contributed by atoms with Gasteiger partial charge in [0.05, 0.1) is 0 Å². The average Bonchev–Trinajstić information content (AvgIpc) is 2.45. The highest BCUT2D eigenvalue weighted by molar-refractivity contribution is 6.07. The first kappa shape index (κ1) is 21.4. The smallest absolute Gasteiger partial charge is 0.341 e. The molecule has 0 aliphatic carbocycles. The summed E-state index contributed by atoms with van der Waals surface area (Å²) in [4.78, 5) is 66.6. The molecule has 10 nitrogen and oxygen atoms in total. The van der Waals surface area contributed by atoms with Crippen LogP contribution in [-0.4, -0.2) is 46.0 Å². The van der Waals surface area contributed by atoms with Gasteiger partial charge in [0.1, 0.15) is 0 Å². The number of ether oxygens (including phenoxy) is 2. The van der Waals surface area contributed by atoms with E-state index in [9.17, 15) is 28.8 Å². The highest BCUT2D eigenvalue weighted by Gasteiger charge is 2.18. The zero-order valence-electron chi connectivity index (χ0n) is 13.4. The quantitative estimate of drug-likeness (QED) is 0.381. The molecular weight excluding hydrogens is 340 g/mol. The molecule has 25 heavy (non-hydrogen) atoms. The number of carbonyl (C=O) groups is 6. The SMILES string of the molecule is C/C(=C/C(=O)O)C(=O)OC(=O)/C=C(/C)C(=O)OC(=O)/C(C)=C\C(=O)O. The van der Waals surface area contributed by atoms with Gasteiger partial charge in [-0.25, -0.2) is 28.8 Å². The maximum atomic E-state index is 11.6. The molecule has 0 amide bonds. The normalized spacial score (nSPS) is 12.2. The number of rotatable bonds is 6. The predicted octanol–water partition coefficient (Wildman–Crippen LogP) is 0.134. The molecule has 10 heteroatoms. The molecule has 0 saturated carbocycles. The molecule has 2 N–H and O–H groups in total. The number of carboxylic acid groups (broad SMARTS) is 2. The summed E-state index contributed by atoms with van der Waals surface area (Å²) >= 11 is 0. The van der Waals surface area contributed by atoms with E-state index in [-0.39, 0.29) is 11.1 Å². The van der Waals surface area contributed by atoms with Crippen LogP contribution in [0.4, 0.5) is 0 Å². The van der Waals surface area contributed by atoms with E-state index in [1.165, 1.54) is 0 Å². The summed E-state index contributed by atoms with van der Waals surface area (Å²) in [5.41, 5.74) is -1.13. The first-order valence-corrected chi connectivity index (χ1v) is 6.47. The molecular formula is C15H14O10. The summed E-state index contributed by atoms with van der Waals surface area (Å²) in [7, 11) is 0. The predicted molar refractivity (Wildman–Crippen MR) is 78.7 cm³/mol. The van der Waals surface area contributed by atoms with Crippen molar-refractivity contribution in [2.75, 3.05) is 0 Å². The molecule has 0 atom stereocenters. The molecule has 0 aromatic carbocycles.